The average molecular weight is 416 g/mol. The first-order valence-corrected chi connectivity index (χ1v) is 10.8. The summed E-state index contributed by atoms with van der Waals surface area (Å²) in [5.41, 5.74) is 4.06. The van der Waals surface area contributed by atoms with Crippen LogP contribution in [0.2, 0.25) is 0 Å². The van der Waals surface area contributed by atoms with Gasteiger partial charge in [0.05, 0.1) is 5.56 Å². The minimum atomic E-state index is -0.936. The highest BCUT2D eigenvalue weighted by Crippen LogP contribution is 2.24. The maximum Gasteiger partial charge on any atom is 0.336 e. The third-order valence-corrected chi connectivity index (χ3v) is 5.40. The van der Waals surface area contributed by atoms with Gasteiger partial charge in [-0.25, -0.2) is 4.79 Å². The molecule has 0 radical (unpaired) electrons. The molecule has 1 N–H and O–H groups in total. The highest BCUT2D eigenvalue weighted by Gasteiger charge is 2.15. The molecular weight excluding hydrogens is 386 g/mol. The van der Waals surface area contributed by atoms with Crippen LogP contribution in [-0.2, 0) is 17.8 Å². The van der Waals surface area contributed by atoms with Gasteiger partial charge in [0.2, 0.25) is 5.91 Å². The molecule has 0 fully saturated rings. The zero-order valence-corrected chi connectivity index (χ0v) is 18.0. The van der Waals surface area contributed by atoms with Gasteiger partial charge in [0.15, 0.2) is 0 Å². The highest BCUT2D eigenvalue weighted by atomic mass is 16.4. The van der Waals surface area contributed by atoms with Crippen molar-refractivity contribution < 1.29 is 14.7 Å². The molecular formula is C27H29NO3. The zero-order chi connectivity index (χ0) is 22.1. The molecule has 0 aromatic heterocycles. The maximum atomic E-state index is 12.9. The van der Waals surface area contributed by atoms with E-state index in [0.29, 0.717) is 18.5 Å². The Labute approximate surface area is 184 Å². The Morgan fingerprint density at radius 2 is 1.52 bits per heavy atom. The molecule has 0 atom stereocenters. The molecule has 0 heterocycles. The highest BCUT2D eigenvalue weighted by molar-refractivity contribution is 5.96. The van der Waals surface area contributed by atoms with Crippen molar-refractivity contribution in [2.45, 2.75) is 39.2 Å². The Morgan fingerprint density at radius 3 is 2.19 bits per heavy atom. The van der Waals surface area contributed by atoms with Crippen LogP contribution >= 0.6 is 0 Å². The fraction of sp³-hybridized carbons (Fsp3) is 0.259. The summed E-state index contributed by atoms with van der Waals surface area (Å²) >= 11 is 0. The number of aryl methyl sites for hydroxylation is 1. The Balaban J connectivity index is 1.70. The predicted octanol–water partition coefficient (Wildman–Crippen LogP) is 5.81. The van der Waals surface area contributed by atoms with E-state index in [-0.39, 0.29) is 11.5 Å². The molecule has 31 heavy (non-hydrogen) atoms. The smallest absolute Gasteiger partial charge is 0.336 e. The molecule has 3 aromatic carbocycles. The van der Waals surface area contributed by atoms with E-state index in [1.54, 1.807) is 12.1 Å². The SMILES string of the molecule is CCCCN(Cc1ccc(-c2ccccc2C(=O)O)cc1)C(=O)CCc1ccccc1. The summed E-state index contributed by atoms with van der Waals surface area (Å²) in [4.78, 5) is 26.3. The lowest BCUT2D eigenvalue weighted by Crippen LogP contribution is -2.31. The number of nitrogens with zero attached hydrogens (tertiary/aromatic N) is 1. The van der Waals surface area contributed by atoms with Crippen molar-refractivity contribution in [2.75, 3.05) is 6.54 Å². The topological polar surface area (TPSA) is 57.6 Å². The molecule has 0 saturated heterocycles. The second-order valence-corrected chi connectivity index (χ2v) is 7.70. The van der Waals surface area contributed by atoms with E-state index in [1.165, 1.54) is 5.56 Å². The van der Waals surface area contributed by atoms with E-state index in [4.69, 9.17) is 0 Å². The lowest BCUT2D eigenvalue weighted by Gasteiger charge is -2.23. The maximum absolute atomic E-state index is 12.9. The van der Waals surface area contributed by atoms with Crippen molar-refractivity contribution in [1.82, 2.24) is 4.90 Å². The van der Waals surface area contributed by atoms with Crippen molar-refractivity contribution in [3.63, 3.8) is 0 Å². The number of aromatic carboxylic acids is 1. The van der Waals surface area contributed by atoms with Gasteiger partial charge in [-0.3, -0.25) is 4.79 Å². The van der Waals surface area contributed by atoms with Gasteiger partial charge >= 0.3 is 5.97 Å². The number of hydrogen-bond donors (Lipinski definition) is 1. The summed E-state index contributed by atoms with van der Waals surface area (Å²) in [5.74, 6) is -0.771. The predicted molar refractivity (Wildman–Crippen MR) is 124 cm³/mol. The van der Waals surface area contributed by atoms with E-state index < -0.39 is 5.97 Å². The second-order valence-electron chi connectivity index (χ2n) is 7.70. The van der Waals surface area contributed by atoms with Crippen LogP contribution in [-0.4, -0.2) is 28.4 Å². The molecule has 1 amide bonds. The summed E-state index contributed by atoms with van der Waals surface area (Å²) in [6, 6.07) is 24.9. The number of hydrogen-bond acceptors (Lipinski definition) is 2. The third-order valence-electron chi connectivity index (χ3n) is 5.40. The van der Waals surface area contributed by atoms with Gasteiger partial charge in [-0.15, -0.1) is 0 Å². The summed E-state index contributed by atoms with van der Waals surface area (Å²) in [7, 11) is 0. The van der Waals surface area contributed by atoms with Gasteiger partial charge in [0.1, 0.15) is 0 Å². The Kier molecular flexibility index (Phi) is 7.99. The molecule has 3 aromatic rings. The number of carbonyl (C=O) groups excluding carboxylic acids is 1. The first-order valence-electron chi connectivity index (χ1n) is 10.8. The third kappa shape index (κ3) is 6.29. The second kappa shape index (κ2) is 11.1. The van der Waals surface area contributed by atoms with E-state index in [1.807, 2.05) is 59.5 Å². The van der Waals surface area contributed by atoms with Gasteiger partial charge in [-0.2, -0.15) is 0 Å². The monoisotopic (exact) mass is 415 g/mol. The molecule has 0 aliphatic carbocycles. The number of carboxylic acids is 1. The minimum Gasteiger partial charge on any atom is -0.478 e. The summed E-state index contributed by atoms with van der Waals surface area (Å²) < 4.78 is 0. The fourth-order valence-electron chi connectivity index (χ4n) is 3.63. The molecule has 0 unspecified atom stereocenters. The van der Waals surface area contributed by atoms with Gasteiger partial charge in [-0.05, 0) is 41.2 Å². The lowest BCUT2D eigenvalue weighted by molar-refractivity contribution is -0.131. The van der Waals surface area contributed by atoms with Crippen LogP contribution in [0.15, 0.2) is 78.9 Å². The molecule has 0 saturated carbocycles. The summed E-state index contributed by atoms with van der Waals surface area (Å²) in [5, 5.41) is 9.43. The normalized spacial score (nSPS) is 10.6. The molecule has 3 rings (SSSR count). The van der Waals surface area contributed by atoms with Crippen molar-refractivity contribution in [3.05, 3.63) is 95.6 Å². The first-order chi connectivity index (χ1) is 15.1. The van der Waals surface area contributed by atoms with Crippen LogP contribution in [0.25, 0.3) is 11.1 Å². The van der Waals surface area contributed by atoms with Crippen LogP contribution in [0.4, 0.5) is 0 Å². The number of carboxylic acid groups (broad SMARTS) is 1. The standard InChI is InChI=1S/C27H29NO3/c1-2-3-19-28(26(29)18-15-21-9-5-4-6-10-21)20-22-13-16-23(17-14-22)24-11-7-8-12-25(24)27(30)31/h4-14,16-17H,2-3,15,18-20H2,1H3,(H,30,31). The fourth-order valence-corrected chi connectivity index (χ4v) is 3.63. The van der Waals surface area contributed by atoms with E-state index in [9.17, 15) is 14.7 Å². The molecule has 0 spiro atoms. The number of rotatable bonds is 10. The quantitative estimate of drug-likeness (QED) is 0.454. The average Bonchev–Trinajstić information content (AvgIpc) is 2.81. The van der Waals surface area contributed by atoms with E-state index >= 15 is 0 Å². The van der Waals surface area contributed by atoms with Gasteiger partial charge < -0.3 is 10.0 Å². The van der Waals surface area contributed by atoms with Crippen LogP contribution < -0.4 is 0 Å². The number of amides is 1. The number of unbranched alkanes of at least 4 members (excludes halogenated alkanes) is 1. The number of benzene rings is 3. The van der Waals surface area contributed by atoms with Gasteiger partial charge in [-0.1, -0.05) is 86.1 Å². The Morgan fingerprint density at radius 1 is 0.839 bits per heavy atom. The van der Waals surface area contributed by atoms with Crippen molar-refractivity contribution in [2.24, 2.45) is 0 Å². The van der Waals surface area contributed by atoms with Crippen molar-refractivity contribution in [1.29, 1.82) is 0 Å². The summed E-state index contributed by atoms with van der Waals surface area (Å²) in [6.07, 6.45) is 3.25. The van der Waals surface area contributed by atoms with Crippen LogP contribution in [0.1, 0.15) is 47.7 Å². The van der Waals surface area contributed by atoms with Crippen LogP contribution in [0.5, 0.6) is 0 Å². The molecule has 0 bridgehead atoms. The molecule has 160 valence electrons. The Bertz CT molecular complexity index is 997. The van der Waals surface area contributed by atoms with Gasteiger partial charge in [0.25, 0.3) is 0 Å². The van der Waals surface area contributed by atoms with Crippen molar-refractivity contribution >= 4 is 11.9 Å². The molecule has 0 aliphatic heterocycles. The first kappa shape index (κ1) is 22.3. The van der Waals surface area contributed by atoms with Crippen LogP contribution in [0.3, 0.4) is 0 Å². The van der Waals surface area contributed by atoms with E-state index in [0.717, 1.165) is 36.9 Å². The van der Waals surface area contributed by atoms with E-state index in [2.05, 4.69) is 19.1 Å². The van der Waals surface area contributed by atoms with Gasteiger partial charge in [0, 0.05) is 19.5 Å². The Hall–Kier alpha value is -3.40. The van der Waals surface area contributed by atoms with Crippen molar-refractivity contribution in [3.8, 4) is 11.1 Å². The largest absolute Gasteiger partial charge is 0.478 e. The molecule has 0 aliphatic rings. The summed E-state index contributed by atoms with van der Waals surface area (Å²) in [6.45, 7) is 3.43. The minimum absolute atomic E-state index is 0.164. The van der Waals surface area contributed by atoms with Crippen LogP contribution in [0, 0.1) is 0 Å². The number of carbonyl (C=O) groups is 2. The zero-order valence-electron chi connectivity index (χ0n) is 18.0. The molecule has 4 heteroatoms. The molecule has 4 nitrogen and oxygen atoms in total. The lowest BCUT2D eigenvalue weighted by atomic mass is 9.98.